The molecule has 144 valence electrons. The normalized spacial score (nSPS) is 12.4. The molecular formula is C26H26F2. The molecule has 0 heterocycles. The molecule has 3 rings (SSSR count). The van der Waals surface area contributed by atoms with Crippen molar-refractivity contribution < 1.29 is 8.78 Å². The van der Waals surface area contributed by atoms with Crippen molar-refractivity contribution in [1.29, 1.82) is 0 Å². The first kappa shape index (κ1) is 20.0. The second kappa shape index (κ2) is 9.45. The van der Waals surface area contributed by atoms with Crippen LogP contribution in [0.2, 0.25) is 0 Å². The van der Waals surface area contributed by atoms with Crippen LogP contribution < -0.4 is 0 Å². The summed E-state index contributed by atoms with van der Waals surface area (Å²) in [6, 6.07) is 22.0. The molecule has 0 N–H and O–H groups in total. The van der Waals surface area contributed by atoms with Crippen LogP contribution in [0, 0.1) is 11.6 Å². The topological polar surface area (TPSA) is 0 Å². The summed E-state index contributed by atoms with van der Waals surface area (Å²) in [6.07, 6.45) is 5.76. The summed E-state index contributed by atoms with van der Waals surface area (Å²) >= 11 is 0. The highest BCUT2D eigenvalue weighted by Gasteiger charge is 2.11. The molecule has 0 radical (unpaired) electrons. The molecule has 0 amide bonds. The summed E-state index contributed by atoms with van der Waals surface area (Å²) in [4.78, 5) is 0. The minimum atomic E-state index is -0.768. The number of hydrogen-bond acceptors (Lipinski definition) is 0. The van der Waals surface area contributed by atoms with E-state index in [9.17, 15) is 8.78 Å². The van der Waals surface area contributed by atoms with Crippen LogP contribution in [-0.4, -0.2) is 0 Å². The summed E-state index contributed by atoms with van der Waals surface area (Å²) < 4.78 is 28.3. The zero-order valence-corrected chi connectivity index (χ0v) is 16.5. The third-order valence-corrected chi connectivity index (χ3v) is 5.06. The van der Waals surface area contributed by atoms with Crippen molar-refractivity contribution in [3.05, 3.63) is 106 Å². The molecule has 0 aliphatic carbocycles. The molecule has 3 aromatic carbocycles. The van der Waals surface area contributed by atoms with Gasteiger partial charge in [0, 0.05) is 5.56 Å². The van der Waals surface area contributed by atoms with Crippen LogP contribution in [0.5, 0.6) is 0 Å². The average molecular weight is 376 g/mol. The summed E-state index contributed by atoms with van der Waals surface area (Å²) in [5.41, 5.74) is 4.27. The number of halogens is 2. The number of aryl methyl sites for hydroxylation is 1. The van der Waals surface area contributed by atoms with E-state index >= 15 is 0 Å². The van der Waals surface area contributed by atoms with Gasteiger partial charge in [0.1, 0.15) is 0 Å². The average Bonchev–Trinajstić information content (AvgIpc) is 2.73. The maximum Gasteiger partial charge on any atom is 0.166 e. The van der Waals surface area contributed by atoms with E-state index in [1.165, 1.54) is 11.1 Å². The Morgan fingerprint density at radius 1 is 0.821 bits per heavy atom. The molecule has 0 saturated heterocycles. The van der Waals surface area contributed by atoms with Crippen molar-refractivity contribution in [2.45, 2.75) is 39.0 Å². The van der Waals surface area contributed by atoms with E-state index in [2.05, 4.69) is 43.3 Å². The van der Waals surface area contributed by atoms with Gasteiger partial charge in [0.2, 0.25) is 0 Å². The summed E-state index contributed by atoms with van der Waals surface area (Å²) in [5.74, 6) is -1.05. The number of hydrogen-bond donors (Lipinski definition) is 0. The third kappa shape index (κ3) is 4.95. The number of rotatable bonds is 7. The number of benzene rings is 3. The quantitative estimate of drug-likeness (QED) is 0.376. The fourth-order valence-electron chi connectivity index (χ4n) is 3.40. The Morgan fingerprint density at radius 2 is 1.54 bits per heavy atom. The molecular weight excluding hydrogens is 350 g/mol. The van der Waals surface area contributed by atoms with Gasteiger partial charge in [-0.15, -0.1) is 0 Å². The Kier molecular flexibility index (Phi) is 6.76. The maximum absolute atomic E-state index is 14.2. The minimum Gasteiger partial charge on any atom is -0.203 e. The molecule has 0 fully saturated rings. The van der Waals surface area contributed by atoms with E-state index in [1.54, 1.807) is 18.2 Å². The first-order valence-electron chi connectivity index (χ1n) is 9.87. The van der Waals surface area contributed by atoms with Gasteiger partial charge in [-0.05, 0) is 41.0 Å². The Labute approximate surface area is 166 Å². The van der Waals surface area contributed by atoms with Crippen molar-refractivity contribution in [2.75, 3.05) is 0 Å². The zero-order valence-electron chi connectivity index (χ0n) is 16.5. The smallest absolute Gasteiger partial charge is 0.166 e. The van der Waals surface area contributed by atoms with Gasteiger partial charge in [-0.3, -0.25) is 0 Å². The van der Waals surface area contributed by atoms with E-state index in [0.717, 1.165) is 18.4 Å². The van der Waals surface area contributed by atoms with Gasteiger partial charge in [0.05, 0.1) is 0 Å². The molecule has 2 heteroatoms. The lowest BCUT2D eigenvalue weighted by molar-refractivity contribution is 0.496. The fraction of sp³-hybridized carbons (Fsp3) is 0.231. The van der Waals surface area contributed by atoms with Crippen molar-refractivity contribution in [3.63, 3.8) is 0 Å². The molecule has 28 heavy (non-hydrogen) atoms. The van der Waals surface area contributed by atoms with Crippen LogP contribution >= 0.6 is 0 Å². The second-order valence-electron chi connectivity index (χ2n) is 7.28. The monoisotopic (exact) mass is 376 g/mol. The van der Waals surface area contributed by atoms with Gasteiger partial charge in [-0.2, -0.15) is 0 Å². The Balaban J connectivity index is 1.68. The lowest BCUT2D eigenvalue weighted by atomic mass is 9.93. The molecule has 1 atom stereocenters. The van der Waals surface area contributed by atoms with Crippen molar-refractivity contribution >= 4 is 12.2 Å². The Hall–Kier alpha value is -2.74. The Bertz CT molecular complexity index is 925. The van der Waals surface area contributed by atoms with E-state index in [1.807, 2.05) is 31.2 Å². The molecule has 0 unspecified atom stereocenters. The molecule has 0 spiro atoms. The second-order valence-corrected chi connectivity index (χ2v) is 7.28. The molecule has 0 aliphatic heterocycles. The maximum atomic E-state index is 14.2. The summed E-state index contributed by atoms with van der Waals surface area (Å²) in [6.45, 7) is 4.18. The van der Waals surface area contributed by atoms with E-state index < -0.39 is 11.6 Å². The minimum absolute atomic E-state index is 0.277. The van der Waals surface area contributed by atoms with Gasteiger partial charge in [0.25, 0.3) is 0 Å². The highest BCUT2D eigenvalue weighted by atomic mass is 19.2. The zero-order chi connectivity index (χ0) is 19.9. The summed E-state index contributed by atoms with van der Waals surface area (Å²) in [5, 5.41) is 0. The molecule has 3 aromatic rings. The van der Waals surface area contributed by atoms with Crippen LogP contribution in [0.15, 0.2) is 66.7 Å². The molecule has 0 nitrogen and oxygen atoms in total. The fourth-order valence-corrected chi connectivity index (χ4v) is 3.40. The Morgan fingerprint density at radius 3 is 2.21 bits per heavy atom. The molecule has 0 aliphatic rings. The highest BCUT2D eigenvalue weighted by molar-refractivity contribution is 5.70. The van der Waals surface area contributed by atoms with E-state index in [0.29, 0.717) is 17.9 Å². The highest BCUT2D eigenvalue weighted by Crippen LogP contribution is 2.22. The van der Waals surface area contributed by atoms with Crippen LogP contribution in [-0.2, 0) is 12.8 Å². The van der Waals surface area contributed by atoms with Gasteiger partial charge in [-0.1, -0.05) is 99.2 Å². The molecule has 0 bridgehead atoms. The van der Waals surface area contributed by atoms with Crippen LogP contribution in [0.25, 0.3) is 12.2 Å². The van der Waals surface area contributed by atoms with Crippen LogP contribution in [0.4, 0.5) is 8.78 Å². The van der Waals surface area contributed by atoms with Crippen molar-refractivity contribution in [2.24, 2.45) is 0 Å². The van der Waals surface area contributed by atoms with Crippen molar-refractivity contribution in [3.8, 4) is 0 Å². The van der Waals surface area contributed by atoms with Gasteiger partial charge < -0.3 is 0 Å². The van der Waals surface area contributed by atoms with Crippen LogP contribution in [0.1, 0.15) is 54.0 Å². The van der Waals surface area contributed by atoms with E-state index in [4.69, 9.17) is 0 Å². The van der Waals surface area contributed by atoms with Gasteiger partial charge in [0.15, 0.2) is 11.6 Å². The molecule has 0 saturated carbocycles. The largest absolute Gasteiger partial charge is 0.203 e. The third-order valence-electron chi connectivity index (χ3n) is 5.06. The van der Waals surface area contributed by atoms with Gasteiger partial charge >= 0.3 is 0 Å². The van der Waals surface area contributed by atoms with Gasteiger partial charge in [-0.25, -0.2) is 8.78 Å². The predicted molar refractivity (Wildman–Crippen MR) is 114 cm³/mol. The first-order valence-corrected chi connectivity index (χ1v) is 9.87. The predicted octanol–water partition coefficient (Wildman–Crippen LogP) is 7.43. The lowest BCUT2D eigenvalue weighted by Gasteiger charge is -2.12. The van der Waals surface area contributed by atoms with Crippen LogP contribution in [0.3, 0.4) is 0 Å². The first-order chi connectivity index (χ1) is 13.6. The summed E-state index contributed by atoms with van der Waals surface area (Å²) in [7, 11) is 0. The lowest BCUT2D eigenvalue weighted by Crippen LogP contribution is -1.98. The van der Waals surface area contributed by atoms with E-state index in [-0.39, 0.29) is 5.56 Å². The SMILES string of the molecule is CCCc1ccc(C=Cc2ccc(C[C@@H](C)c3ccccc3)cc2)c(F)c1F. The standard InChI is InChI=1S/C26H26F2/c1-3-7-23-16-17-24(26(28)25(23)27)15-14-20-10-12-21(13-11-20)18-19(2)22-8-5-4-6-9-22/h4-6,8-17,19H,3,7,18H2,1-2H3/t19-/m1/s1. The molecule has 0 aromatic heterocycles. The van der Waals surface area contributed by atoms with Crippen molar-refractivity contribution in [1.82, 2.24) is 0 Å².